The summed E-state index contributed by atoms with van der Waals surface area (Å²) >= 11 is 0. The molecule has 0 N–H and O–H groups in total. The number of hydrogen-bond acceptors (Lipinski definition) is 6. The SMILES string of the molecule is Cc1ccc(C(=O)N2CCCC(CC3CC3)(c3noc(C4CCOCC4)n3)C2)cn1. The third kappa shape index (κ3) is 4.00. The molecule has 4 heterocycles. The minimum atomic E-state index is -0.208. The van der Waals surface area contributed by atoms with Crippen LogP contribution in [-0.2, 0) is 10.2 Å². The Hall–Kier alpha value is -2.28. The second-order valence-corrected chi connectivity index (χ2v) is 9.29. The fourth-order valence-corrected chi connectivity index (χ4v) is 4.96. The van der Waals surface area contributed by atoms with E-state index < -0.39 is 0 Å². The molecule has 1 saturated carbocycles. The molecule has 2 aromatic heterocycles. The van der Waals surface area contributed by atoms with Crippen LogP contribution in [0.15, 0.2) is 22.9 Å². The van der Waals surface area contributed by atoms with Crippen molar-refractivity contribution in [3.8, 4) is 0 Å². The van der Waals surface area contributed by atoms with Crippen molar-refractivity contribution in [2.75, 3.05) is 26.3 Å². The number of likely N-dealkylation sites (tertiary alicyclic amines) is 1. The number of aryl methyl sites for hydroxylation is 1. The summed E-state index contributed by atoms with van der Waals surface area (Å²) in [7, 11) is 0. The normalized spacial score (nSPS) is 25.4. The lowest BCUT2D eigenvalue weighted by atomic mass is 9.74. The summed E-state index contributed by atoms with van der Waals surface area (Å²) in [5, 5.41) is 4.47. The molecular weight excluding hydrogens is 380 g/mol. The van der Waals surface area contributed by atoms with Gasteiger partial charge in [0.2, 0.25) is 5.89 Å². The molecule has 0 spiro atoms. The number of pyridine rings is 1. The monoisotopic (exact) mass is 410 g/mol. The number of carbonyl (C=O) groups is 1. The molecule has 2 aromatic rings. The first kappa shape index (κ1) is 19.7. The topological polar surface area (TPSA) is 81.4 Å². The summed E-state index contributed by atoms with van der Waals surface area (Å²) < 4.78 is 11.2. The van der Waals surface area contributed by atoms with Crippen LogP contribution in [0.4, 0.5) is 0 Å². The summed E-state index contributed by atoms with van der Waals surface area (Å²) in [5.74, 6) is 2.60. The highest BCUT2D eigenvalue weighted by atomic mass is 16.5. The minimum absolute atomic E-state index is 0.0514. The van der Waals surface area contributed by atoms with Gasteiger partial charge in [-0.05, 0) is 57.1 Å². The average Bonchev–Trinajstić information content (AvgIpc) is 3.44. The standard InChI is InChI=1S/C23H30N4O3/c1-16-3-6-19(14-24-16)21(28)27-10-2-9-23(15-27,13-17-4-5-17)22-25-20(30-26-22)18-7-11-29-12-8-18/h3,6,14,17-18H,2,4-5,7-13,15H2,1H3. The summed E-state index contributed by atoms with van der Waals surface area (Å²) in [6.07, 6.45) is 9.09. The van der Waals surface area contributed by atoms with E-state index in [2.05, 4.69) is 10.1 Å². The number of carbonyl (C=O) groups excluding carboxylic acids is 1. The maximum atomic E-state index is 13.2. The fourth-order valence-electron chi connectivity index (χ4n) is 4.96. The second kappa shape index (κ2) is 8.10. The van der Waals surface area contributed by atoms with Crippen molar-refractivity contribution in [3.63, 3.8) is 0 Å². The molecule has 5 rings (SSSR count). The predicted octanol–water partition coefficient (Wildman–Crippen LogP) is 3.64. The molecule has 2 saturated heterocycles. The van der Waals surface area contributed by atoms with Crippen LogP contribution in [0.1, 0.15) is 78.6 Å². The minimum Gasteiger partial charge on any atom is -0.381 e. The zero-order chi connectivity index (χ0) is 20.6. The van der Waals surface area contributed by atoms with Gasteiger partial charge in [0, 0.05) is 44.1 Å². The number of piperidine rings is 1. The smallest absolute Gasteiger partial charge is 0.255 e. The highest BCUT2D eigenvalue weighted by Crippen LogP contribution is 2.46. The zero-order valence-electron chi connectivity index (χ0n) is 17.7. The van der Waals surface area contributed by atoms with E-state index >= 15 is 0 Å². The molecule has 1 aliphatic carbocycles. The van der Waals surface area contributed by atoms with Crippen LogP contribution >= 0.6 is 0 Å². The number of amides is 1. The van der Waals surface area contributed by atoms with Gasteiger partial charge >= 0.3 is 0 Å². The number of hydrogen-bond donors (Lipinski definition) is 0. The number of aromatic nitrogens is 3. The van der Waals surface area contributed by atoms with Crippen LogP contribution in [0.3, 0.4) is 0 Å². The van der Waals surface area contributed by atoms with Crippen molar-refractivity contribution >= 4 is 5.91 Å². The Morgan fingerprint density at radius 2 is 2.07 bits per heavy atom. The highest BCUT2D eigenvalue weighted by molar-refractivity contribution is 5.94. The van der Waals surface area contributed by atoms with Crippen LogP contribution in [-0.4, -0.2) is 52.2 Å². The van der Waals surface area contributed by atoms with Crippen molar-refractivity contribution in [3.05, 3.63) is 41.3 Å². The molecule has 160 valence electrons. The van der Waals surface area contributed by atoms with Gasteiger partial charge in [-0.3, -0.25) is 9.78 Å². The van der Waals surface area contributed by atoms with Crippen LogP contribution < -0.4 is 0 Å². The molecule has 0 bridgehead atoms. The van der Waals surface area contributed by atoms with Crippen molar-refractivity contribution in [2.45, 2.75) is 63.2 Å². The molecule has 1 amide bonds. The van der Waals surface area contributed by atoms with E-state index in [4.69, 9.17) is 14.2 Å². The third-order valence-corrected chi connectivity index (χ3v) is 6.89. The fraction of sp³-hybridized carbons (Fsp3) is 0.652. The predicted molar refractivity (Wildman–Crippen MR) is 110 cm³/mol. The van der Waals surface area contributed by atoms with Gasteiger partial charge in [0.05, 0.1) is 11.0 Å². The number of nitrogens with zero attached hydrogens (tertiary/aromatic N) is 4. The van der Waals surface area contributed by atoms with Gasteiger partial charge in [0.25, 0.3) is 5.91 Å². The Balaban J connectivity index is 1.39. The van der Waals surface area contributed by atoms with Crippen LogP contribution in [0.5, 0.6) is 0 Å². The largest absolute Gasteiger partial charge is 0.381 e. The maximum Gasteiger partial charge on any atom is 0.255 e. The van der Waals surface area contributed by atoms with E-state index in [1.165, 1.54) is 12.8 Å². The first-order chi connectivity index (χ1) is 14.6. The highest BCUT2D eigenvalue weighted by Gasteiger charge is 2.46. The summed E-state index contributed by atoms with van der Waals surface area (Å²) in [6.45, 7) is 4.86. The molecule has 2 aliphatic heterocycles. The molecule has 0 radical (unpaired) electrons. The summed E-state index contributed by atoms with van der Waals surface area (Å²) in [4.78, 5) is 24.4. The molecule has 30 heavy (non-hydrogen) atoms. The zero-order valence-corrected chi connectivity index (χ0v) is 17.7. The quantitative estimate of drug-likeness (QED) is 0.749. The Bertz CT molecular complexity index is 886. The van der Waals surface area contributed by atoms with Crippen molar-refractivity contribution < 1.29 is 14.1 Å². The van der Waals surface area contributed by atoms with Crippen molar-refractivity contribution in [2.24, 2.45) is 5.92 Å². The first-order valence-corrected chi connectivity index (χ1v) is 11.3. The molecule has 7 heteroatoms. The van der Waals surface area contributed by atoms with E-state index in [1.54, 1.807) is 6.20 Å². The lowest BCUT2D eigenvalue weighted by molar-refractivity contribution is 0.0606. The van der Waals surface area contributed by atoms with E-state index in [9.17, 15) is 4.79 Å². The van der Waals surface area contributed by atoms with Crippen molar-refractivity contribution in [1.29, 1.82) is 0 Å². The molecular formula is C23H30N4O3. The van der Waals surface area contributed by atoms with E-state index in [0.717, 1.165) is 69.3 Å². The number of ether oxygens (including phenoxy) is 1. The van der Waals surface area contributed by atoms with Crippen molar-refractivity contribution in [1.82, 2.24) is 20.0 Å². The Morgan fingerprint density at radius 1 is 1.23 bits per heavy atom. The Kier molecular flexibility index (Phi) is 5.31. The van der Waals surface area contributed by atoms with Crippen LogP contribution in [0, 0.1) is 12.8 Å². The van der Waals surface area contributed by atoms with Gasteiger partial charge in [-0.25, -0.2) is 0 Å². The third-order valence-electron chi connectivity index (χ3n) is 6.89. The Morgan fingerprint density at radius 3 is 2.80 bits per heavy atom. The summed E-state index contributed by atoms with van der Waals surface area (Å²) in [6, 6.07) is 3.77. The van der Waals surface area contributed by atoms with Gasteiger partial charge in [-0.15, -0.1) is 0 Å². The maximum absolute atomic E-state index is 13.2. The van der Waals surface area contributed by atoms with Gasteiger partial charge in [-0.2, -0.15) is 4.98 Å². The Labute approximate surface area is 177 Å². The lowest BCUT2D eigenvalue weighted by Gasteiger charge is -2.41. The van der Waals surface area contributed by atoms with E-state index in [0.29, 0.717) is 18.0 Å². The van der Waals surface area contributed by atoms with Gasteiger partial charge < -0.3 is 14.2 Å². The van der Waals surface area contributed by atoms with E-state index in [-0.39, 0.29) is 17.2 Å². The van der Waals surface area contributed by atoms with Crippen LogP contribution in [0.25, 0.3) is 0 Å². The number of rotatable bonds is 5. The molecule has 7 nitrogen and oxygen atoms in total. The van der Waals surface area contributed by atoms with E-state index in [1.807, 2.05) is 24.0 Å². The first-order valence-electron chi connectivity index (χ1n) is 11.3. The van der Waals surface area contributed by atoms with Gasteiger partial charge in [0.1, 0.15) is 0 Å². The molecule has 3 aliphatic rings. The van der Waals surface area contributed by atoms with Gasteiger partial charge in [0.15, 0.2) is 5.82 Å². The molecule has 0 aromatic carbocycles. The molecule has 1 atom stereocenters. The average molecular weight is 411 g/mol. The molecule has 1 unspecified atom stereocenters. The van der Waals surface area contributed by atoms with Crippen LogP contribution in [0.2, 0.25) is 0 Å². The second-order valence-electron chi connectivity index (χ2n) is 9.29. The molecule has 3 fully saturated rings. The lowest BCUT2D eigenvalue weighted by Crippen LogP contribution is -2.49. The summed E-state index contributed by atoms with van der Waals surface area (Å²) in [5.41, 5.74) is 1.36. The van der Waals surface area contributed by atoms with Gasteiger partial charge in [-0.1, -0.05) is 18.0 Å².